The number of aromatic nitrogens is 3. The molecular weight excluding hydrogens is 150 g/mol. The Hall–Kier alpha value is -1.38. The van der Waals surface area contributed by atoms with Crippen LogP contribution in [0.5, 0.6) is 0 Å². The largest absolute Gasteiger partial charge is 0.332 e. The van der Waals surface area contributed by atoms with Crippen LogP contribution in [0.15, 0.2) is 24.8 Å². The molecule has 0 amide bonds. The summed E-state index contributed by atoms with van der Waals surface area (Å²) in [5.41, 5.74) is 2.07. The number of hydrogen-bond acceptors (Lipinski definition) is 2. The summed E-state index contributed by atoms with van der Waals surface area (Å²) in [5.74, 6) is 0. The van der Waals surface area contributed by atoms with Crippen LogP contribution in [-0.2, 0) is 7.05 Å². The summed E-state index contributed by atoms with van der Waals surface area (Å²) in [6.07, 6.45) is 5.34. The topological polar surface area (TPSA) is 30.7 Å². The van der Waals surface area contributed by atoms with E-state index in [-0.39, 0.29) is 0 Å². The SMILES string of the molecule is CC.Cn1cnc2ccncc21. The Labute approximate surface area is 72.1 Å². The van der Waals surface area contributed by atoms with Gasteiger partial charge in [-0.05, 0) is 6.07 Å². The first-order chi connectivity index (χ1) is 5.88. The summed E-state index contributed by atoms with van der Waals surface area (Å²) >= 11 is 0. The molecule has 2 heterocycles. The molecule has 3 nitrogen and oxygen atoms in total. The van der Waals surface area contributed by atoms with Gasteiger partial charge in [0, 0.05) is 13.2 Å². The fourth-order valence-corrected chi connectivity index (χ4v) is 0.971. The fourth-order valence-electron chi connectivity index (χ4n) is 0.971. The van der Waals surface area contributed by atoms with Crippen LogP contribution in [-0.4, -0.2) is 14.5 Å². The summed E-state index contributed by atoms with van der Waals surface area (Å²) in [4.78, 5) is 8.13. The average Bonchev–Trinajstić information content (AvgIpc) is 2.53. The molecule has 0 aromatic carbocycles. The summed E-state index contributed by atoms with van der Waals surface area (Å²) in [6.45, 7) is 4.00. The predicted molar refractivity (Wildman–Crippen MR) is 49.9 cm³/mol. The highest BCUT2D eigenvalue weighted by atomic mass is 15.0. The van der Waals surface area contributed by atoms with Gasteiger partial charge in [-0.15, -0.1) is 0 Å². The lowest BCUT2D eigenvalue weighted by Crippen LogP contribution is -1.83. The Morgan fingerprint density at radius 1 is 1.33 bits per heavy atom. The van der Waals surface area contributed by atoms with E-state index in [1.54, 1.807) is 12.5 Å². The minimum atomic E-state index is 0.998. The molecule has 64 valence electrons. The highest BCUT2D eigenvalue weighted by Gasteiger charge is 1.94. The van der Waals surface area contributed by atoms with Gasteiger partial charge >= 0.3 is 0 Å². The van der Waals surface area contributed by atoms with Crippen LogP contribution in [0.25, 0.3) is 11.0 Å². The quantitative estimate of drug-likeness (QED) is 0.594. The monoisotopic (exact) mass is 163 g/mol. The maximum absolute atomic E-state index is 4.14. The molecule has 0 radical (unpaired) electrons. The number of rotatable bonds is 0. The number of hydrogen-bond donors (Lipinski definition) is 0. The van der Waals surface area contributed by atoms with Gasteiger partial charge in [0.05, 0.1) is 23.6 Å². The number of fused-ring (bicyclic) bond motifs is 1. The van der Waals surface area contributed by atoms with E-state index in [0.29, 0.717) is 0 Å². The first-order valence-corrected chi connectivity index (χ1v) is 4.09. The molecular formula is C9H13N3. The second kappa shape index (κ2) is 3.85. The zero-order valence-electron chi connectivity index (χ0n) is 7.65. The van der Waals surface area contributed by atoms with Gasteiger partial charge in [-0.25, -0.2) is 4.98 Å². The van der Waals surface area contributed by atoms with E-state index in [1.807, 2.05) is 37.7 Å². The van der Waals surface area contributed by atoms with Crippen LogP contribution in [0.1, 0.15) is 13.8 Å². The first-order valence-electron chi connectivity index (χ1n) is 4.09. The van der Waals surface area contributed by atoms with Crippen molar-refractivity contribution in [2.45, 2.75) is 13.8 Å². The summed E-state index contributed by atoms with van der Waals surface area (Å²) in [7, 11) is 1.96. The third kappa shape index (κ3) is 1.44. The van der Waals surface area contributed by atoms with Gasteiger partial charge in [-0.1, -0.05) is 13.8 Å². The lowest BCUT2D eigenvalue weighted by molar-refractivity contribution is 0.945. The lowest BCUT2D eigenvalue weighted by Gasteiger charge is -1.89. The zero-order chi connectivity index (χ0) is 8.97. The van der Waals surface area contributed by atoms with Crippen LogP contribution in [0.2, 0.25) is 0 Å². The van der Waals surface area contributed by atoms with E-state index in [4.69, 9.17) is 0 Å². The molecule has 0 atom stereocenters. The Bertz CT molecular complexity index is 351. The molecule has 0 saturated carbocycles. The molecule has 0 N–H and O–H groups in total. The minimum Gasteiger partial charge on any atom is -0.332 e. The predicted octanol–water partition coefficient (Wildman–Crippen LogP) is 1.99. The van der Waals surface area contributed by atoms with Gasteiger partial charge in [0.2, 0.25) is 0 Å². The molecule has 0 aliphatic heterocycles. The molecule has 0 unspecified atom stereocenters. The lowest BCUT2D eigenvalue weighted by atomic mass is 10.4. The maximum atomic E-state index is 4.14. The van der Waals surface area contributed by atoms with Gasteiger partial charge in [0.15, 0.2) is 0 Å². The fraction of sp³-hybridized carbons (Fsp3) is 0.333. The van der Waals surface area contributed by atoms with Crippen molar-refractivity contribution in [2.75, 3.05) is 0 Å². The molecule has 2 aromatic rings. The maximum Gasteiger partial charge on any atom is 0.0956 e. The van der Waals surface area contributed by atoms with Crippen LogP contribution in [0, 0.1) is 0 Å². The molecule has 0 spiro atoms. The second-order valence-corrected chi connectivity index (χ2v) is 2.22. The molecule has 0 bridgehead atoms. The third-order valence-corrected chi connectivity index (χ3v) is 1.53. The molecule has 0 saturated heterocycles. The van der Waals surface area contributed by atoms with E-state index in [1.165, 1.54) is 0 Å². The smallest absolute Gasteiger partial charge is 0.0956 e. The molecule has 0 aliphatic carbocycles. The molecule has 12 heavy (non-hydrogen) atoms. The Kier molecular flexibility index (Phi) is 2.80. The number of nitrogens with zero attached hydrogens (tertiary/aromatic N) is 3. The van der Waals surface area contributed by atoms with Gasteiger partial charge in [0.25, 0.3) is 0 Å². The Balaban J connectivity index is 0.000000336. The molecule has 3 heteroatoms. The van der Waals surface area contributed by atoms with E-state index < -0.39 is 0 Å². The number of pyridine rings is 1. The van der Waals surface area contributed by atoms with Crippen molar-refractivity contribution in [1.82, 2.24) is 14.5 Å². The van der Waals surface area contributed by atoms with E-state index >= 15 is 0 Å². The van der Waals surface area contributed by atoms with E-state index in [0.717, 1.165) is 11.0 Å². The Morgan fingerprint density at radius 3 is 2.75 bits per heavy atom. The van der Waals surface area contributed by atoms with Gasteiger partial charge in [-0.3, -0.25) is 4.98 Å². The third-order valence-electron chi connectivity index (χ3n) is 1.53. The van der Waals surface area contributed by atoms with Crippen molar-refractivity contribution in [3.05, 3.63) is 24.8 Å². The number of imidazole rings is 1. The summed E-state index contributed by atoms with van der Waals surface area (Å²) in [5, 5.41) is 0. The van der Waals surface area contributed by atoms with Crippen LogP contribution >= 0.6 is 0 Å². The van der Waals surface area contributed by atoms with Crippen molar-refractivity contribution < 1.29 is 0 Å². The zero-order valence-corrected chi connectivity index (χ0v) is 7.65. The molecule has 2 rings (SSSR count). The highest BCUT2D eigenvalue weighted by molar-refractivity contribution is 5.73. The van der Waals surface area contributed by atoms with Crippen molar-refractivity contribution in [3.8, 4) is 0 Å². The van der Waals surface area contributed by atoms with Crippen molar-refractivity contribution in [2.24, 2.45) is 7.05 Å². The van der Waals surface area contributed by atoms with Crippen LogP contribution in [0.4, 0.5) is 0 Å². The molecule has 0 fully saturated rings. The number of aryl methyl sites for hydroxylation is 1. The second-order valence-electron chi connectivity index (χ2n) is 2.22. The Morgan fingerprint density at radius 2 is 2.08 bits per heavy atom. The normalized spacial score (nSPS) is 9.25. The molecule has 0 aliphatic rings. The van der Waals surface area contributed by atoms with Crippen molar-refractivity contribution in [1.29, 1.82) is 0 Å². The average molecular weight is 163 g/mol. The minimum absolute atomic E-state index is 0.998. The van der Waals surface area contributed by atoms with Gasteiger partial charge in [0.1, 0.15) is 0 Å². The van der Waals surface area contributed by atoms with Crippen LogP contribution < -0.4 is 0 Å². The van der Waals surface area contributed by atoms with E-state index in [9.17, 15) is 0 Å². The van der Waals surface area contributed by atoms with Crippen LogP contribution in [0.3, 0.4) is 0 Å². The summed E-state index contributed by atoms with van der Waals surface area (Å²) < 4.78 is 1.95. The first kappa shape index (κ1) is 8.71. The van der Waals surface area contributed by atoms with Crippen molar-refractivity contribution in [3.63, 3.8) is 0 Å². The van der Waals surface area contributed by atoms with Crippen molar-refractivity contribution >= 4 is 11.0 Å². The summed E-state index contributed by atoms with van der Waals surface area (Å²) in [6, 6.07) is 1.90. The molecule has 2 aromatic heterocycles. The van der Waals surface area contributed by atoms with E-state index in [2.05, 4.69) is 9.97 Å². The highest BCUT2D eigenvalue weighted by Crippen LogP contribution is 2.06. The van der Waals surface area contributed by atoms with Gasteiger partial charge in [-0.2, -0.15) is 0 Å². The standard InChI is InChI=1S/C7H7N3.C2H6/c1-10-5-9-6-2-3-8-4-7(6)10;1-2/h2-5H,1H3;1-2H3. The van der Waals surface area contributed by atoms with Gasteiger partial charge < -0.3 is 4.57 Å².